The number of phenols is 1. The largest absolute Gasteiger partial charge is 0.508 e. The van der Waals surface area contributed by atoms with Gasteiger partial charge in [-0.25, -0.2) is 0 Å². The highest BCUT2D eigenvalue weighted by Crippen LogP contribution is 2.32. The number of alkyl halides is 3. The summed E-state index contributed by atoms with van der Waals surface area (Å²) in [5, 5.41) is 9.25. The molecule has 0 bridgehead atoms. The van der Waals surface area contributed by atoms with Crippen molar-refractivity contribution in [2.45, 2.75) is 12.8 Å². The summed E-state index contributed by atoms with van der Waals surface area (Å²) in [6.45, 7) is -0.0763. The minimum atomic E-state index is -4.45. The summed E-state index contributed by atoms with van der Waals surface area (Å²) in [7, 11) is 0. The summed E-state index contributed by atoms with van der Waals surface area (Å²) < 4.78 is 43.2. The molecule has 2 rings (SSSR count). The van der Waals surface area contributed by atoms with Gasteiger partial charge in [0.15, 0.2) is 0 Å². The summed E-state index contributed by atoms with van der Waals surface area (Å²) in [4.78, 5) is 0. The standard InChI is InChI=1S/C14H10ClF3O2/c15-11-5-9(4-10(6-11)14(16,17)18)8-20-13-3-1-2-12(19)7-13/h1-7,19H,8H2. The van der Waals surface area contributed by atoms with Gasteiger partial charge in [0.25, 0.3) is 0 Å². The third kappa shape index (κ3) is 3.81. The van der Waals surface area contributed by atoms with Crippen molar-refractivity contribution in [3.8, 4) is 11.5 Å². The molecule has 6 heteroatoms. The molecule has 0 aliphatic rings. The molecule has 1 N–H and O–H groups in total. The van der Waals surface area contributed by atoms with Crippen molar-refractivity contribution in [2.24, 2.45) is 0 Å². The van der Waals surface area contributed by atoms with E-state index < -0.39 is 11.7 Å². The lowest BCUT2D eigenvalue weighted by atomic mass is 10.1. The van der Waals surface area contributed by atoms with Gasteiger partial charge in [-0.3, -0.25) is 0 Å². The number of rotatable bonds is 3. The highest BCUT2D eigenvalue weighted by Gasteiger charge is 2.31. The first kappa shape index (κ1) is 14.5. The van der Waals surface area contributed by atoms with Crippen molar-refractivity contribution in [1.82, 2.24) is 0 Å². The maximum Gasteiger partial charge on any atom is 0.416 e. The minimum absolute atomic E-state index is 0.00525. The van der Waals surface area contributed by atoms with Crippen molar-refractivity contribution in [3.63, 3.8) is 0 Å². The van der Waals surface area contributed by atoms with Crippen molar-refractivity contribution < 1.29 is 23.0 Å². The molecular formula is C14H10ClF3O2. The summed E-state index contributed by atoms with van der Waals surface area (Å²) in [5.41, 5.74) is -0.521. The molecule has 106 valence electrons. The summed E-state index contributed by atoms with van der Waals surface area (Å²) >= 11 is 5.67. The van der Waals surface area contributed by atoms with E-state index in [1.807, 2.05) is 0 Å². The number of halogens is 4. The molecule has 0 amide bonds. The predicted molar refractivity (Wildman–Crippen MR) is 68.9 cm³/mol. The maximum absolute atomic E-state index is 12.6. The van der Waals surface area contributed by atoms with Gasteiger partial charge in [0.2, 0.25) is 0 Å². The van der Waals surface area contributed by atoms with Gasteiger partial charge in [-0.2, -0.15) is 13.2 Å². The zero-order valence-corrected chi connectivity index (χ0v) is 10.9. The Morgan fingerprint density at radius 2 is 1.85 bits per heavy atom. The molecule has 0 atom stereocenters. The maximum atomic E-state index is 12.6. The molecule has 2 aromatic rings. The molecule has 0 saturated carbocycles. The smallest absolute Gasteiger partial charge is 0.416 e. The van der Waals surface area contributed by atoms with Crippen LogP contribution in [0.5, 0.6) is 11.5 Å². The first-order valence-corrected chi connectivity index (χ1v) is 6.01. The molecular weight excluding hydrogens is 293 g/mol. The fourth-order valence-corrected chi connectivity index (χ4v) is 1.90. The van der Waals surface area contributed by atoms with Crippen LogP contribution in [0.15, 0.2) is 42.5 Å². The lowest BCUT2D eigenvalue weighted by Gasteiger charge is -2.11. The zero-order chi connectivity index (χ0) is 14.8. The summed E-state index contributed by atoms with van der Waals surface area (Å²) in [6.07, 6.45) is -4.45. The van der Waals surface area contributed by atoms with Crippen molar-refractivity contribution >= 4 is 11.6 Å². The molecule has 20 heavy (non-hydrogen) atoms. The fourth-order valence-electron chi connectivity index (χ4n) is 1.64. The monoisotopic (exact) mass is 302 g/mol. The zero-order valence-electron chi connectivity index (χ0n) is 10.1. The molecule has 0 aliphatic carbocycles. The van der Waals surface area contributed by atoms with Crippen LogP contribution < -0.4 is 4.74 Å². The molecule has 0 unspecified atom stereocenters. The third-order valence-electron chi connectivity index (χ3n) is 2.51. The van der Waals surface area contributed by atoms with Gasteiger partial charge in [0.1, 0.15) is 18.1 Å². The second-order valence-electron chi connectivity index (χ2n) is 4.13. The van der Waals surface area contributed by atoms with Crippen molar-refractivity contribution in [2.75, 3.05) is 0 Å². The molecule has 0 saturated heterocycles. The number of phenolic OH excluding ortho intramolecular Hbond substituents is 1. The van der Waals surface area contributed by atoms with E-state index in [0.717, 1.165) is 12.1 Å². The van der Waals surface area contributed by atoms with E-state index in [-0.39, 0.29) is 17.4 Å². The average Bonchev–Trinajstić information content (AvgIpc) is 2.35. The molecule has 0 radical (unpaired) electrons. The van der Waals surface area contributed by atoms with E-state index in [4.69, 9.17) is 16.3 Å². The lowest BCUT2D eigenvalue weighted by molar-refractivity contribution is -0.137. The normalized spacial score (nSPS) is 11.4. The fraction of sp³-hybridized carbons (Fsp3) is 0.143. The Morgan fingerprint density at radius 3 is 2.50 bits per heavy atom. The average molecular weight is 303 g/mol. The van der Waals surface area contributed by atoms with Crippen LogP contribution >= 0.6 is 11.6 Å². The molecule has 2 nitrogen and oxygen atoms in total. The third-order valence-corrected chi connectivity index (χ3v) is 2.73. The second kappa shape index (κ2) is 5.63. The molecule has 0 aliphatic heterocycles. The number of ether oxygens (including phenoxy) is 1. The van der Waals surface area contributed by atoms with Gasteiger partial charge in [-0.15, -0.1) is 0 Å². The SMILES string of the molecule is Oc1cccc(OCc2cc(Cl)cc(C(F)(F)F)c2)c1. The van der Waals surface area contributed by atoms with Crippen LogP contribution in [-0.2, 0) is 12.8 Å². The molecule has 0 spiro atoms. The van der Waals surface area contributed by atoms with Crippen LogP contribution in [0.25, 0.3) is 0 Å². The van der Waals surface area contributed by atoms with E-state index in [1.165, 1.54) is 18.2 Å². The number of hydrogen-bond acceptors (Lipinski definition) is 2. The number of benzene rings is 2. The topological polar surface area (TPSA) is 29.5 Å². The van der Waals surface area contributed by atoms with Gasteiger partial charge in [0, 0.05) is 11.1 Å². The molecule has 2 aromatic carbocycles. The first-order chi connectivity index (χ1) is 9.34. The molecule has 0 aromatic heterocycles. The molecule has 0 heterocycles. The minimum Gasteiger partial charge on any atom is -0.508 e. The quantitative estimate of drug-likeness (QED) is 0.894. The lowest BCUT2D eigenvalue weighted by Crippen LogP contribution is -2.06. The first-order valence-electron chi connectivity index (χ1n) is 5.63. The highest BCUT2D eigenvalue weighted by atomic mass is 35.5. The van der Waals surface area contributed by atoms with Crippen molar-refractivity contribution in [1.29, 1.82) is 0 Å². The Morgan fingerprint density at radius 1 is 1.10 bits per heavy atom. The van der Waals surface area contributed by atoms with Crippen LogP contribution in [-0.4, -0.2) is 5.11 Å². The van der Waals surface area contributed by atoms with Crippen molar-refractivity contribution in [3.05, 3.63) is 58.6 Å². The van der Waals surface area contributed by atoms with E-state index in [9.17, 15) is 18.3 Å². The number of aromatic hydroxyl groups is 1. The van der Waals surface area contributed by atoms with Crippen LogP contribution in [0.3, 0.4) is 0 Å². The van der Waals surface area contributed by atoms with E-state index in [1.54, 1.807) is 12.1 Å². The Balaban J connectivity index is 2.16. The van der Waals surface area contributed by atoms with Gasteiger partial charge in [-0.05, 0) is 35.9 Å². The summed E-state index contributed by atoms with van der Waals surface area (Å²) in [5.74, 6) is 0.378. The second-order valence-corrected chi connectivity index (χ2v) is 4.57. The Kier molecular flexibility index (Phi) is 4.09. The van der Waals surface area contributed by atoms with Crippen LogP contribution in [0.1, 0.15) is 11.1 Å². The summed E-state index contributed by atoms with van der Waals surface area (Å²) in [6, 6.07) is 9.25. The van der Waals surface area contributed by atoms with E-state index in [2.05, 4.69) is 0 Å². The highest BCUT2D eigenvalue weighted by molar-refractivity contribution is 6.30. The van der Waals surface area contributed by atoms with E-state index >= 15 is 0 Å². The van der Waals surface area contributed by atoms with Gasteiger partial charge >= 0.3 is 6.18 Å². The Bertz CT molecular complexity index is 612. The van der Waals surface area contributed by atoms with Gasteiger partial charge in [0.05, 0.1) is 5.56 Å². The van der Waals surface area contributed by atoms with Crippen LogP contribution in [0.4, 0.5) is 13.2 Å². The molecule has 0 fully saturated rings. The van der Waals surface area contributed by atoms with E-state index in [0.29, 0.717) is 11.3 Å². The van der Waals surface area contributed by atoms with Crippen LogP contribution in [0.2, 0.25) is 5.02 Å². The van der Waals surface area contributed by atoms with Crippen LogP contribution in [0, 0.1) is 0 Å². The Hall–Kier alpha value is -1.88. The predicted octanol–water partition coefficient (Wildman–Crippen LogP) is 4.64. The number of hydrogen-bond donors (Lipinski definition) is 1. The Labute approximate surface area is 118 Å². The van der Waals surface area contributed by atoms with Gasteiger partial charge in [-0.1, -0.05) is 17.7 Å². The van der Waals surface area contributed by atoms with Gasteiger partial charge < -0.3 is 9.84 Å².